The second kappa shape index (κ2) is 14.6. The van der Waals surface area contributed by atoms with Gasteiger partial charge in [-0.1, -0.05) is 114 Å². The molecular formula is C18H34Cl2O2. The van der Waals surface area contributed by atoms with Gasteiger partial charge in [-0.15, -0.1) is 0 Å². The highest BCUT2D eigenvalue weighted by Gasteiger charge is 2.32. The number of carbonyl (C=O) groups is 1. The first-order valence-corrected chi connectivity index (χ1v) is 9.87. The van der Waals surface area contributed by atoms with Crippen molar-refractivity contribution in [1.29, 1.82) is 0 Å². The summed E-state index contributed by atoms with van der Waals surface area (Å²) in [6.45, 7) is 2.26. The second-order valence-corrected chi connectivity index (χ2v) is 7.84. The van der Waals surface area contributed by atoms with Crippen LogP contribution in [0.5, 0.6) is 0 Å². The molecule has 0 amide bonds. The molecule has 0 aliphatic rings. The molecule has 0 aliphatic heterocycles. The van der Waals surface area contributed by atoms with Gasteiger partial charge >= 0.3 is 5.97 Å². The molecule has 0 aromatic heterocycles. The van der Waals surface area contributed by atoms with Gasteiger partial charge in [-0.05, 0) is 12.8 Å². The van der Waals surface area contributed by atoms with E-state index in [-0.39, 0.29) is 0 Å². The van der Waals surface area contributed by atoms with Gasteiger partial charge in [-0.3, -0.25) is 0 Å². The van der Waals surface area contributed by atoms with Gasteiger partial charge in [0, 0.05) is 0 Å². The summed E-state index contributed by atoms with van der Waals surface area (Å²) in [5.74, 6) is -1.13. The van der Waals surface area contributed by atoms with Crippen LogP contribution in [-0.2, 0) is 4.79 Å². The monoisotopic (exact) mass is 352 g/mol. The summed E-state index contributed by atoms with van der Waals surface area (Å²) < 4.78 is -1.60. The molecule has 4 heteroatoms. The molecule has 132 valence electrons. The van der Waals surface area contributed by atoms with Crippen molar-refractivity contribution in [1.82, 2.24) is 0 Å². The zero-order valence-corrected chi connectivity index (χ0v) is 15.7. The maximum Gasteiger partial charge on any atom is 0.340 e. The van der Waals surface area contributed by atoms with Crippen LogP contribution in [0.1, 0.15) is 103 Å². The molecule has 0 aromatic carbocycles. The highest BCUT2D eigenvalue weighted by molar-refractivity contribution is 6.57. The number of hydrogen-bond acceptors (Lipinski definition) is 1. The van der Waals surface area contributed by atoms with Crippen LogP contribution in [0.4, 0.5) is 0 Å². The number of halogens is 2. The number of aliphatic carboxylic acids is 1. The van der Waals surface area contributed by atoms with Crippen molar-refractivity contribution in [3.8, 4) is 0 Å². The van der Waals surface area contributed by atoms with E-state index >= 15 is 0 Å². The van der Waals surface area contributed by atoms with Gasteiger partial charge in [0.05, 0.1) is 0 Å². The first kappa shape index (κ1) is 22.1. The lowest BCUT2D eigenvalue weighted by Gasteiger charge is -2.13. The van der Waals surface area contributed by atoms with Gasteiger partial charge < -0.3 is 5.11 Å². The predicted molar refractivity (Wildman–Crippen MR) is 97.0 cm³/mol. The Kier molecular flexibility index (Phi) is 14.7. The van der Waals surface area contributed by atoms with E-state index in [4.69, 9.17) is 28.3 Å². The molecule has 2 nitrogen and oxygen atoms in total. The first-order valence-electron chi connectivity index (χ1n) is 9.12. The van der Waals surface area contributed by atoms with Gasteiger partial charge in [0.2, 0.25) is 4.33 Å². The minimum absolute atomic E-state index is 0.337. The van der Waals surface area contributed by atoms with Crippen LogP contribution in [0.3, 0.4) is 0 Å². The minimum Gasteiger partial charge on any atom is -0.479 e. The SMILES string of the molecule is CCCCCCCCCCCCCCCCC(Cl)(Cl)C(=O)O. The Hall–Kier alpha value is 0.0500. The lowest BCUT2D eigenvalue weighted by atomic mass is 10.0. The van der Waals surface area contributed by atoms with Crippen LogP contribution >= 0.6 is 23.2 Å². The Morgan fingerprint density at radius 3 is 1.36 bits per heavy atom. The highest BCUT2D eigenvalue weighted by Crippen LogP contribution is 2.28. The van der Waals surface area contributed by atoms with Gasteiger partial charge in [0.1, 0.15) is 0 Å². The zero-order valence-electron chi connectivity index (χ0n) is 14.2. The molecule has 0 rings (SSSR count). The summed E-state index contributed by atoms with van der Waals surface area (Å²) in [5, 5.41) is 8.78. The maximum absolute atomic E-state index is 10.7. The van der Waals surface area contributed by atoms with Crippen molar-refractivity contribution in [3.63, 3.8) is 0 Å². The molecule has 0 saturated carbocycles. The fourth-order valence-corrected chi connectivity index (χ4v) is 2.92. The zero-order chi connectivity index (χ0) is 16.7. The molecule has 1 N–H and O–H groups in total. The summed E-state index contributed by atoms with van der Waals surface area (Å²) in [7, 11) is 0. The molecular weight excluding hydrogens is 319 g/mol. The van der Waals surface area contributed by atoms with E-state index in [2.05, 4.69) is 6.92 Å². The summed E-state index contributed by atoms with van der Waals surface area (Å²) in [4.78, 5) is 10.7. The lowest BCUT2D eigenvalue weighted by molar-refractivity contribution is -0.138. The molecule has 0 aromatic rings. The summed E-state index contributed by atoms with van der Waals surface area (Å²) >= 11 is 11.4. The summed E-state index contributed by atoms with van der Waals surface area (Å²) in [6, 6.07) is 0. The highest BCUT2D eigenvalue weighted by atomic mass is 35.5. The predicted octanol–water partition coefficient (Wildman–Crippen LogP) is 7.12. The molecule has 0 saturated heterocycles. The van der Waals surface area contributed by atoms with Crippen LogP contribution in [0.15, 0.2) is 0 Å². The third kappa shape index (κ3) is 13.7. The van der Waals surface area contributed by atoms with Gasteiger partial charge in [-0.25, -0.2) is 4.79 Å². The van der Waals surface area contributed by atoms with E-state index < -0.39 is 10.3 Å². The molecule has 0 radical (unpaired) electrons. The average molecular weight is 353 g/mol. The van der Waals surface area contributed by atoms with E-state index in [1.54, 1.807) is 0 Å². The Morgan fingerprint density at radius 2 is 1.05 bits per heavy atom. The largest absolute Gasteiger partial charge is 0.479 e. The molecule has 0 spiro atoms. The van der Waals surface area contributed by atoms with Crippen molar-refractivity contribution >= 4 is 29.2 Å². The van der Waals surface area contributed by atoms with Crippen molar-refractivity contribution < 1.29 is 9.90 Å². The molecule has 22 heavy (non-hydrogen) atoms. The standard InChI is InChI=1S/C18H34Cl2O2/c1-2-3-4-5-6-7-8-9-10-11-12-13-14-15-16-18(19,20)17(21)22/h2-16H2,1H3,(H,21,22). The van der Waals surface area contributed by atoms with E-state index in [1.807, 2.05) is 0 Å². The maximum atomic E-state index is 10.7. The van der Waals surface area contributed by atoms with Crippen molar-refractivity contribution in [2.45, 2.75) is 108 Å². The van der Waals surface area contributed by atoms with Crippen LogP contribution in [0.2, 0.25) is 0 Å². The summed E-state index contributed by atoms with van der Waals surface area (Å²) in [6.07, 6.45) is 18.2. The molecule has 0 fully saturated rings. The Bertz CT molecular complexity index is 268. The summed E-state index contributed by atoms with van der Waals surface area (Å²) in [5.41, 5.74) is 0. The van der Waals surface area contributed by atoms with Crippen LogP contribution < -0.4 is 0 Å². The van der Waals surface area contributed by atoms with E-state index in [1.165, 1.54) is 70.6 Å². The Balaban J connectivity index is 3.16. The number of carboxylic acid groups (broad SMARTS) is 1. The van der Waals surface area contributed by atoms with Crippen LogP contribution in [0.25, 0.3) is 0 Å². The number of carboxylic acids is 1. The normalized spacial score (nSPS) is 11.8. The molecule has 0 heterocycles. The van der Waals surface area contributed by atoms with E-state index in [0.717, 1.165) is 19.3 Å². The van der Waals surface area contributed by atoms with E-state index in [9.17, 15) is 4.79 Å². The minimum atomic E-state index is -1.60. The number of hydrogen-bond donors (Lipinski definition) is 1. The second-order valence-electron chi connectivity index (χ2n) is 6.36. The topological polar surface area (TPSA) is 37.3 Å². The third-order valence-electron chi connectivity index (χ3n) is 4.16. The van der Waals surface area contributed by atoms with Gasteiger partial charge in [0.15, 0.2) is 0 Å². The number of unbranched alkanes of at least 4 members (excludes halogenated alkanes) is 13. The van der Waals surface area contributed by atoms with Gasteiger partial charge in [0.25, 0.3) is 0 Å². The van der Waals surface area contributed by atoms with E-state index in [0.29, 0.717) is 6.42 Å². The molecule has 0 unspecified atom stereocenters. The quantitative estimate of drug-likeness (QED) is 0.237. The van der Waals surface area contributed by atoms with Crippen LogP contribution in [0, 0.1) is 0 Å². The fraction of sp³-hybridized carbons (Fsp3) is 0.944. The van der Waals surface area contributed by atoms with Crippen molar-refractivity contribution in [2.24, 2.45) is 0 Å². The molecule has 0 bridgehead atoms. The fourth-order valence-electron chi connectivity index (χ4n) is 2.65. The Morgan fingerprint density at radius 1 is 0.727 bits per heavy atom. The number of rotatable bonds is 16. The number of alkyl halides is 2. The first-order chi connectivity index (χ1) is 10.5. The third-order valence-corrected chi connectivity index (χ3v) is 4.86. The smallest absolute Gasteiger partial charge is 0.340 e. The van der Waals surface area contributed by atoms with Crippen molar-refractivity contribution in [2.75, 3.05) is 0 Å². The van der Waals surface area contributed by atoms with Crippen LogP contribution in [-0.4, -0.2) is 15.4 Å². The molecule has 0 atom stereocenters. The lowest BCUT2D eigenvalue weighted by Crippen LogP contribution is -2.25. The average Bonchev–Trinajstić information content (AvgIpc) is 2.47. The van der Waals surface area contributed by atoms with Crippen molar-refractivity contribution in [3.05, 3.63) is 0 Å². The molecule has 0 aliphatic carbocycles. The van der Waals surface area contributed by atoms with Gasteiger partial charge in [-0.2, -0.15) is 0 Å². The Labute approximate surface area is 147 Å².